The maximum Gasteiger partial charge on any atom is 0.169 e. The minimum atomic E-state index is -0.437. The van der Waals surface area contributed by atoms with Gasteiger partial charge in [-0.05, 0) is 26.0 Å². The first kappa shape index (κ1) is 15.1. The molecule has 0 bridgehead atoms. The van der Waals surface area contributed by atoms with Crippen molar-refractivity contribution in [2.24, 2.45) is 5.92 Å². The van der Waals surface area contributed by atoms with Crippen LogP contribution in [0.25, 0.3) is 0 Å². The molecule has 1 heterocycles. The lowest BCUT2D eigenvalue weighted by Crippen LogP contribution is -2.49. The van der Waals surface area contributed by atoms with Crippen molar-refractivity contribution in [3.63, 3.8) is 0 Å². The van der Waals surface area contributed by atoms with E-state index in [2.05, 4.69) is 11.8 Å². The molecule has 0 N–H and O–H groups in total. The molecule has 3 unspecified atom stereocenters. The molecule has 0 radical (unpaired) electrons. The van der Waals surface area contributed by atoms with E-state index < -0.39 is 5.82 Å². The lowest BCUT2D eigenvalue weighted by atomic mass is 9.97. The lowest BCUT2D eigenvalue weighted by molar-refractivity contribution is -0.0523. The molecule has 1 fully saturated rings. The molecule has 0 amide bonds. The van der Waals surface area contributed by atoms with Crippen molar-refractivity contribution < 1.29 is 13.9 Å². The van der Waals surface area contributed by atoms with Crippen LogP contribution in [-0.4, -0.2) is 42.5 Å². The summed E-state index contributed by atoms with van der Waals surface area (Å²) in [5.41, 5.74) is 0.189. The number of ketones is 1. The molecule has 20 heavy (non-hydrogen) atoms. The third-order valence-electron chi connectivity index (χ3n) is 3.83. The summed E-state index contributed by atoms with van der Waals surface area (Å²) in [5.74, 6) is -0.790. The first-order valence-electron chi connectivity index (χ1n) is 7.13. The lowest BCUT2D eigenvalue weighted by Gasteiger charge is -2.37. The Morgan fingerprint density at radius 2 is 2.15 bits per heavy atom. The summed E-state index contributed by atoms with van der Waals surface area (Å²) in [6, 6.07) is 6.48. The molecule has 1 saturated heterocycles. The first-order chi connectivity index (χ1) is 9.49. The number of nitrogens with zero attached hydrogens (tertiary/aromatic N) is 1. The molecule has 0 saturated carbocycles. The van der Waals surface area contributed by atoms with Crippen LogP contribution in [0.4, 0.5) is 4.39 Å². The van der Waals surface area contributed by atoms with E-state index in [1.807, 2.05) is 13.8 Å². The van der Waals surface area contributed by atoms with Crippen molar-refractivity contribution in [3.8, 4) is 0 Å². The molecule has 1 aromatic rings. The average Bonchev–Trinajstić information content (AvgIpc) is 2.42. The zero-order chi connectivity index (χ0) is 14.7. The van der Waals surface area contributed by atoms with Crippen LogP contribution in [-0.2, 0) is 4.74 Å². The van der Waals surface area contributed by atoms with E-state index in [1.165, 1.54) is 6.07 Å². The van der Waals surface area contributed by atoms with Crippen molar-refractivity contribution in [3.05, 3.63) is 35.6 Å². The number of morpholine rings is 1. The fraction of sp³-hybridized carbons (Fsp3) is 0.562. The van der Waals surface area contributed by atoms with Crippen LogP contribution in [0.3, 0.4) is 0 Å². The second-order valence-electron chi connectivity index (χ2n) is 5.69. The average molecular weight is 279 g/mol. The van der Waals surface area contributed by atoms with Gasteiger partial charge in [-0.2, -0.15) is 0 Å². The molecule has 0 spiro atoms. The van der Waals surface area contributed by atoms with E-state index >= 15 is 0 Å². The predicted octanol–water partition coefficient (Wildman–Crippen LogP) is 2.75. The highest BCUT2D eigenvalue weighted by Gasteiger charge is 2.27. The van der Waals surface area contributed by atoms with Gasteiger partial charge in [0.05, 0.1) is 18.3 Å². The maximum absolute atomic E-state index is 13.7. The van der Waals surface area contributed by atoms with Crippen LogP contribution in [0.2, 0.25) is 0 Å². The van der Waals surface area contributed by atoms with Gasteiger partial charge in [-0.1, -0.05) is 19.1 Å². The monoisotopic (exact) mass is 279 g/mol. The van der Waals surface area contributed by atoms with Gasteiger partial charge in [-0.25, -0.2) is 4.39 Å². The molecule has 0 aromatic heterocycles. The number of hydrogen-bond acceptors (Lipinski definition) is 3. The smallest absolute Gasteiger partial charge is 0.169 e. The Hall–Kier alpha value is -1.26. The van der Waals surface area contributed by atoms with Gasteiger partial charge in [0, 0.05) is 25.0 Å². The van der Waals surface area contributed by atoms with Gasteiger partial charge in [0.15, 0.2) is 5.78 Å². The molecular formula is C16H22FNO2. The molecule has 2 rings (SSSR count). The van der Waals surface area contributed by atoms with Crippen molar-refractivity contribution in [1.29, 1.82) is 0 Å². The van der Waals surface area contributed by atoms with E-state index in [0.717, 1.165) is 6.54 Å². The topological polar surface area (TPSA) is 29.5 Å². The largest absolute Gasteiger partial charge is 0.376 e. The Bertz CT molecular complexity index is 477. The quantitative estimate of drug-likeness (QED) is 0.794. The highest BCUT2D eigenvalue weighted by atomic mass is 19.1. The van der Waals surface area contributed by atoms with Crippen molar-refractivity contribution >= 4 is 5.78 Å². The summed E-state index contributed by atoms with van der Waals surface area (Å²) < 4.78 is 19.2. The van der Waals surface area contributed by atoms with E-state index in [1.54, 1.807) is 18.2 Å². The number of benzene rings is 1. The number of hydrogen-bond donors (Lipinski definition) is 0. The summed E-state index contributed by atoms with van der Waals surface area (Å²) in [7, 11) is 0. The van der Waals surface area contributed by atoms with Gasteiger partial charge in [0.2, 0.25) is 0 Å². The van der Waals surface area contributed by atoms with Crippen molar-refractivity contribution in [1.82, 2.24) is 4.90 Å². The first-order valence-corrected chi connectivity index (χ1v) is 7.13. The molecule has 3 atom stereocenters. The number of carbonyl (C=O) groups excluding carboxylic acids is 1. The van der Waals surface area contributed by atoms with Crippen LogP contribution in [0.15, 0.2) is 24.3 Å². The Labute approximate surface area is 119 Å². The fourth-order valence-corrected chi connectivity index (χ4v) is 2.59. The molecule has 110 valence electrons. The molecule has 0 aliphatic carbocycles. The number of halogens is 1. The third-order valence-corrected chi connectivity index (χ3v) is 3.83. The van der Waals surface area contributed by atoms with Gasteiger partial charge >= 0.3 is 0 Å². The zero-order valence-corrected chi connectivity index (χ0v) is 12.3. The summed E-state index contributed by atoms with van der Waals surface area (Å²) in [6.07, 6.45) is 0.182. The molecule has 4 heteroatoms. The number of ether oxygens (including phenoxy) is 1. The van der Waals surface area contributed by atoms with Crippen molar-refractivity contribution in [2.75, 3.05) is 19.7 Å². The summed E-state index contributed by atoms with van der Waals surface area (Å²) in [6.45, 7) is 8.12. The third kappa shape index (κ3) is 3.44. The van der Waals surface area contributed by atoms with Crippen LogP contribution < -0.4 is 0 Å². The Morgan fingerprint density at radius 1 is 1.45 bits per heavy atom. The van der Waals surface area contributed by atoms with Gasteiger partial charge in [-0.3, -0.25) is 9.69 Å². The van der Waals surface area contributed by atoms with Gasteiger partial charge in [0.25, 0.3) is 0 Å². The normalized spacial score (nSPS) is 25.4. The van der Waals surface area contributed by atoms with Crippen molar-refractivity contribution in [2.45, 2.75) is 32.9 Å². The minimum Gasteiger partial charge on any atom is -0.376 e. The standard InChI is InChI=1S/C16H22FNO2/c1-11(8-18-9-13(3)20-10-12(18)2)16(19)14-6-4-5-7-15(14)17/h4-7,11-13H,8-10H2,1-3H3. The van der Waals surface area contributed by atoms with E-state index in [0.29, 0.717) is 19.2 Å². The number of Topliss-reactive ketones (excluding diaryl/α,β-unsaturated/α-hetero) is 1. The molecule has 1 aliphatic rings. The molecule has 1 aromatic carbocycles. The fourth-order valence-electron chi connectivity index (χ4n) is 2.59. The Kier molecular flexibility index (Phi) is 4.89. The van der Waals surface area contributed by atoms with Crippen LogP contribution >= 0.6 is 0 Å². The van der Waals surface area contributed by atoms with Gasteiger partial charge < -0.3 is 4.74 Å². The van der Waals surface area contributed by atoms with Gasteiger partial charge in [0.1, 0.15) is 5.82 Å². The Morgan fingerprint density at radius 3 is 2.85 bits per heavy atom. The maximum atomic E-state index is 13.7. The summed E-state index contributed by atoms with van der Waals surface area (Å²) in [5, 5.41) is 0. The highest BCUT2D eigenvalue weighted by Crippen LogP contribution is 2.17. The molecule has 3 nitrogen and oxygen atoms in total. The summed E-state index contributed by atoms with van der Waals surface area (Å²) >= 11 is 0. The second kappa shape index (κ2) is 6.46. The number of rotatable bonds is 4. The van der Waals surface area contributed by atoms with E-state index in [-0.39, 0.29) is 23.4 Å². The van der Waals surface area contributed by atoms with E-state index in [9.17, 15) is 9.18 Å². The predicted molar refractivity (Wildman–Crippen MR) is 76.3 cm³/mol. The van der Waals surface area contributed by atoms with Crippen LogP contribution in [0, 0.1) is 11.7 Å². The Balaban J connectivity index is 2.02. The summed E-state index contributed by atoms with van der Waals surface area (Å²) in [4.78, 5) is 14.6. The number of carbonyl (C=O) groups is 1. The van der Waals surface area contributed by atoms with Gasteiger partial charge in [-0.15, -0.1) is 0 Å². The second-order valence-corrected chi connectivity index (χ2v) is 5.69. The molecule has 1 aliphatic heterocycles. The van der Waals surface area contributed by atoms with E-state index in [4.69, 9.17) is 4.74 Å². The highest BCUT2D eigenvalue weighted by molar-refractivity contribution is 5.98. The SMILES string of the molecule is CC1CN(CC(C)C(=O)c2ccccc2F)C(C)CO1. The molecular weight excluding hydrogens is 257 g/mol. The minimum absolute atomic E-state index is 0.130. The van der Waals surface area contributed by atoms with Crippen LogP contribution in [0.1, 0.15) is 31.1 Å². The van der Waals surface area contributed by atoms with Crippen LogP contribution in [0.5, 0.6) is 0 Å². The zero-order valence-electron chi connectivity index (χ0n) is 12.3.